The third kappa shape index (κ3) is 7.91. The lowest BCUT2D eigenvalue weighted by Crippen LogP contribution is -2.53. The Hall–Kier alpha value is -3.07. The average Bonchev–Trinajstić information content (AvgIpc) is 3.48. The molecule has 43 heavy (non-hydrogen) atoms. The Morgan fingerprint density at radius 2 is 1.56 bits per heavy atom. The zero-order valence-corrected chi connectivity index (χ0v) is 27.4. The molecule has 230 valence electrons. The van der Waals surface area contributed by atoms with Crippen LogP contribution in [0.3, 0.4) is 0 Å². The minimum Gasteiger partial charge on any atom is -0.352 e. The van der Waals surface area contributed by atoms with Gasteiger partial charge in [-0.05, 0) is 87.1 Å². The van der Waals surface area contributed by atoms with Crippen molar-refractivity contribution in [3.05, 3.63) is 93.0 Å². The number of hydrogen-bond acceptors (Lipinski definition) is 4. The number of carbonyl (C=O) groups excluding carboxylic acids is 2. The molecule has 10 heteroatoms. The summed E-state index contributed by atoms with van der Waals surface area (Å²) in [5.41, 5.74) is 3.56. The number of hydrogen-bond donors (Lipinski definition) is 1. The van der Waals surface area contributed by atoms with Gasteiger partial charge in [-0.25, -0.2) is 8.42 Å². The summed E-state index contributed by atoms with van der Waals surface area (Å²) in [7, 11) is -4.15. The Morgan fingerprint density at radius 3 is 2.19 bits per heavy atom. The second kappa shape index (κ2) is 14.1. The predicted molar refractivity (Wildman–Crippen MR) is 173 cm³/mol. The largest absolute Gasteiger partial charge is 0.352 e. The fourth-order valence-corrected chi connectivity index (χ4v) is 7.25. The minimum atomic E-state index is -4.15. The van der Waals surface area contributed by atoms with E-state index < -0.39 is 28.5 Å². The van der Waals surface area contributed by atoms with Gasteiger partial charge in [0, 0.05) is 12.6 Å². The molecule has 1 N–H and O–H groups in total. The van der Waals surface area contributed by atoms with Crippen molar-refractivity contribution in [3.63, 3.8) is 0 Å². The third-order valence-electron chi connectivity index (χ3n) is 7.95. The van der Waals surface area contributed by atoms with Crippen LogP contribution in [0, 0.1) is 20.8 Å². The topological polar surface area (TPSA) is 86.8 Å². The standard InChI is InChI=1S/C33H39Cl2N3O4S/c1-5-30(33(40)36-26-8-6-7-9-26)37(20-25-14-17-28(34)29(35)19-25)32(39)21-38(31-18-23(3)10-13-24(31)4)43(41,42)27-15-11-22(2)12-16-27/h10-19,26,30H,5-9,20-21H2,1-4H3,(H,36,40). The number of rotatable bonds is 11. The van der Waals surface area contributed by atoms with E-state index in [4.69, 9.17) is 23.2 Å². The fraction of sp³-hybridized carbons (Fsp3) is 0.394. The molecule has 0 aromatic heterocycles. The van der Waals surface area contributed by atoms with Gasteiger partial charge in [-0.1, -0.05) is 78.9 Å². The lowest BCUT2D eigenvalue weighted by molar-refractivity contribution is -0.140. The summed E-state index contributed by atoms with van der Waals surface area (Å²) in [4.78, 5) is 29.5. The summed E-state index contributed by atoms with van der Waals surface area (Å²) in [6, 6.07) is 16.4. The summed E-state index contributed by atoms with van der Waals surface area (Å²) >= 11 is 12.4. The average molecular weight is 645 g/mol. The van der Waals surface area contributed by atoms with E-state index in [2.05, 4.69) is 5.32 Å². The van der Waals surface area contributed by atoms with Crippen LogP contribution in [0.4, 0.5) is 5.69 Å². The van der Waals surface area contributed by atoms with Crippen LogP contribution >= 0.6 is 23.2 Å². The molecule has 0 radical (unpaired) electrons. The highest BCUT2D eigenvalue weighted by Crippen LogP contribution is 2.30. The van der Waals surface area contributed by atoms with Gasteiger partial charge in [-0.15, -0.1) is 0 Å². The number of benzene rings is 3. The molecule has 1 unspecified atom stereocenters. The van der Waals surface area contributed by atoms with Crippen molar-refractivity contribution >= 4 is 50.7 Å². The molecule has 1 aliphatic rings. The number of sulfonamides is 1. The van der Waals surface area contributed by atoms with Crippen LogP contribution in [-0.4, -0.2) is 43.8 Å². The van der Waals surface area contributed by atoms with E-state index in [1.165, 1.54) is 4.90 Å². The highest BCUT2D eigenvalue weighted by Gasteiger charge is 2.35. The van der Waals surface area contributed by atoms with E-state index in [0.29, 0.717) is 33.3 Å². The van der Waals surface area contributed by atoms with E-state index in [9.17, 15) is 18.0 Å². The highest BCUT2D eigenvalue weighted by atomic mass is 35.5. The Kier molecular flexibility index (Phi) is 10.8. The van der Waals surface area contributed by atoms with Gasteiger partial charge in [0.1, 0.15) is 12.6 Å². The molecular weight excluding hydrogens is 605 g/mol. The Balaban J connectivity index is 1.76. The normalized spacial score (nSPS) is 14.4. The van der Waals surface area contributed by atoms with Crippen molar-refractivity contribution in [2.45, 2.75) is 83.3 Å². The summed E-state index contributed by atoms with van der Waals surface area (Å²) in [5, 5.41) is 3.82. The van der Waals surface area contributed by atoms with Gasteiger partial charge >= 0.3 is 0 Å². The van der Waals surface area contributed by atoms with Crippen molar-refractivity contribution in [2.75, 3.05) is 10.8 Å². The molecule has 2 amide bonds. The zero-order chi connectivity index (χ0) is 31.3. The van der Waals surface area contributed by atoms with Gasteiger partial charge in [0.05, 0.1) is 20.6 Å². The first-order valence-electron chi connectivity index (χ1n) is 14.6. The summed E-state index contributed by atoms with van der Waals surface area (Å²) in [6.45, 7) is 6.98. The lowest BCUT2D eigenvalue weighted by Gasteiger charge is -2.34. The third-order valence-corrected chi connectivity index (χ3v) is 10.5. The smallest absolute Gasteiger partial charge is 0.264 e. The lowest BCUT2D eigenvalue weighted by atomic mass is 10.1. The van der Waals surface area contributed by atoms with Crippen LogP contribution in [0.1, 0.15) is 61.3 Å². The maximum atomic E-state index is 14.3. The first kappa shape index (κ1) is 32.8. The molecule has 1 aliphatic carbocycles. The van der Waals surface area contributed by atoms with Gasteiger partial charge in [0.15, 0.2) is 0 Å². The first-order chi connectivity index (χ1) is 20.4. The van der Waals surface area contributed by atoms with Crippen LogP contribution in [-0.2, 0) is 26.2 Å². The van der Waals surface area contributed by atoms with E-state index in [-0.39, 0.29) is 23.4 Å². The number of nitrogens with one attached hydrogen (secondary N) is 1. The minimum absolute atomic E-state index is 0.0531. The van der Waals surface area contributed by atoms with Crippen LogP contribution in [0.5, 0.6) is 0 Å². The Labute approximate surface area is 265 Å². The number of aryl methyl sites for hydroxylation is 3. The molecule has 1 saturated carbocycles. The Bertz CT molecular complexity index is 1570. The van der Waals surface area contributed by atoms with Gasteiger partial charge in [-0.3, -0.25) is 13.9 Å². The van der Waals surface area contributed by atoms with Gasteiger partial charge < -0.3 is 10.2 Å². The van der Waals surface area contributed by atoms with E-state index >= 15 is 0 Å². The number of carbonyl (C=O) groups is 2. The van der Waals surface area contributed by atoms with Gasteiger partial charge in [-0.2, -0.15) is 0 Å². The van der Waals surface area contributed by atoms with Crippen LogP contribution < -0.4 is 9.62 Å². The SMILES string of the molecule is CCC(C(=O)NC1CCCC1)N(Cc1ccc(Cl)c(Cl)c1)C(=O)CN(c1cc(C)ccc1C)S(=O)(=O)c1ccc(C)cc1. The first-order valence-corrected chi connectivity index (χ1v) is 16.8. The summed E-state index contributed by atoms with van der Waals surface area (Å²) < 4.78 is 29.5. The monoisotopic (exact) mass is 643 g/mol. The maximum Gasteiger partial charge on any atom is 0.264 e. The van der Waals surface area contributed by atoms with E-state index in [1.807, 2.05) is 39.8 Å². The molecule has 0 heterocycles. The number of anilines is 1. The molecule has 3 aromatic carbocycles. The molecule has 0 spiro atoms. The second-order valence-electron chi connectivity index (χ2n) is 11.3. The Morgan fingerprint density at radius 1 is 0.907 bits per heavy atom. The molecule has 4 rings (SSSR count). The second-order valence-corrected chi connectivity index (χ2v) is 14.0. The maximum absolute atomic E-state index is 14.3. The van der Waals surface area contributed by atoms with Gasteiger partial charge in [0.25, 0.3) is 10.0 Å². The summed E-state index contributed by atoms with van der Waals surface area (Å²) in [5.74, 6) is -0.751. The van der Waals surface area contributed by atoms with Crippen molar-refractivity contribution in [2.24, 2.45) is 0 Å². The quantitative estimate of drug-likeness (QED) is 0.244. The molecular formula is C33H39Cl2N3O4S. The van der Waals surface area contributed by atoms with Crippen molar-refractivity contribution < 1.29 is 18.0 Å². The molecule has 0 saturated heterocycles. The van der Waals surface area contributed by atoms with Crippen LogP contribution in [0.15, 0.2) is 65.6 Å². The van der Waals surface area contributed by atoms with Crippen LogP contribution in [0.25, 0.3) is 0 Å². The predicted octanol–water partition coefficient (Wildman–Crippen LogP) is 6.98. The molecule has 1 atom stereocenters. The summed E-state index contributed by atoms with van der Waals surface area (Å²) in [6.07, 6.45) is 4.25. The molecule has 3 aromatic rings. The van der Waals surface area contributed by atoms with E-state index in [1.54, 1.807) is 48.5 Å². The van der Waals surface area contributed by atoms with Crippen LogP contribution in [0.2, 0.25) is 10.0 Å². The number of nitrogens with zero attached hydrogens (tertiary/aromatic N) is 2. The fourth-order valence-electron chi connectivity index (χ4n) is 5.46. The number of amides is 2. The molecule has 1 fully saturated rings. The highest BCUT2D eigenvalue weighted by molar-refractivity contribution is 7.92. The number of halogens is 2. The van der Waals surface area contributed by atoms with E-state index in [0.717, 1.165) is 41.1 Å². The van der Waals surface area contributed by atoms with Crippen molar-refractivity contribution in [1.82, 2.24) is 10.2 Å². The molecule has 0 aliphatic heterocycles. The van der Waals surface area contributed by atoms with Gasteiger partial charge in [0.2, 0.25) is 11.8 Å². The molecule has 7 nitrogen and oxygen atoms in total. The molecule has 0 bridgehead atoms. The van der Waals surface area contributed by atoms with Crippen molar-refractivity contribution in [1.29, 1.82) is 0 Å². The zero-order valence-electron chi connectivity index (χ0n) is 25.1. The van der Waals surface area contributed by atoms with Crippen molar-refractivity contribution in [3.8, 4) is 0 Å².